The Morgan fingerprint density at radius 3 is 2.48 bits per heavy atom. The summed E-state index contributed by atoms with van der Waals surface area (Å²) in [4.78, 5) is 24.7. The average Bonchev–Trinajstić information content (AvgIpc) is 2.68. The molecule has 1 heterocycles. The minimum atomic E-state index is -0.712. The Labute approximate surface area is 155 Å². The molecule has 0 aliphatic carbocycles. The van der Waals surface area contributed by atoms with E-state index in [9.17, 15) is 14.0 Å². The highest BCUT2D eigenvalue weighted by molar-refractivity contribution is 5.95. The van der Waals surface area contributed by atoms with Crippen LogP contribution in [0.15, 0.2) is 47.4 Å². The number of aliphatic hydroxyl groups excluding tert-OH is 1. The number of aryl methyl sites for hydroxylation is 1. The molecule has 0 aliphatic heterocycles. The van der Waals surface area contributed by atoms with E-state index in [0.717, 1.165) is 5.56 Å². The van der Waals surface area contributed by atoms with Gasteiger partial charge in [-0.05, 0) is 37.1 Å². The minimum absolute atomic E-state index is 0.0908. The Hall–Kier alpha value is -2.99. The van der Waals surface area contributed by atoms with Crippen LogP contribution in [-0.4, -0.2) is 22.2 Å². The van der Waals surface area contributed by atoms with Gasteiger partial charge in [0.15, 0.2) is 0 Å². The van der Waals surface area contributed by atoms with Gasteiger partial charge in [-0.2, -0.15) is 0 Å². The van der Waals surface area contributed by atoms with Crippen molar-refractivity contribution in [1.29, 1.82) is 0 Å². The zero-order chi connectivity index (χ0) is 19.6. The fourth-order valence-electron chi connectivity index (χ4n) is 3.04. The zero-order valence-electron chi connectivity index (χ0n) is 15.2. The van der Waals surface area contributed by atoms with E-state index in [4.69, 9.17) is 9.84 Å². The van der Waals surface area contributed by atoms with Gasteiger partial charge in [0.05, 0.1) is 18.7 Å². The second-order valence-corrected chi connectivity index (χ2v) is 6.08. The van der Waals surface area contributed by atoms with Crippen LogP contribution in [-0.2, 0) is 17.9 Å². The van der Waals surface area contributed by atoms with Crippen LogP contribution in [0.3, 0.4) is 0 Å². The number of pyridine rings is 1. The van der Waals surface area contributed by atoms with Gasteiger partial charge in [0.25, 0.3) is 0 Å². The summed E-state index contributed by atoms with van der Waals surface area (Å²) in [5.41, 5.74) is 1.59. The van der Waals surface area contributed by atoms with Crippen molar-refractivity contribution in [2.24, 2.45) is 0 Å². The molecule has 1 aromatic heterocycles. The molecule has 5 nitrogen and oxygen atoms in total. The third-order valence-corrected chi connectivity index (χ3v) is 4.45. The maximum absolute atomic E-state index is 14.8. The van der Waals surface area contributed by atoms with Gasteiger partial charge in [-0.15, -0.1) is 0 Å². The molecule has 3 rings (SSSR count). The van der Waals surface area contributed by atoms with Crippen molar-refractivity contribution in [3.05, 3.63) is 69.8 Å². The summed E-state index contributed by atoms with van der Waals surface area (Å²) in [6, 6.07) is 9.65. The van der Waals surface area contributed by atoms with Gasteiger partial charge in [0.2, 0.25) is 5.43 Å². The number of carbonyl (C=O) groups excluding carboxylic acids is 1. The molecule has 0 spiro atoms. The van der Waals surface area contributed by atoms with E-state index in [1.807, 2.05) is 6.92 Å². The molecule has 0 saturated heterocycles. The molecule has 2 aromatic carbocycles. The lowest BCUT2D eigenvalue weighted by molar-refractivity contribution is 0.0524. The number of fused-ring (bicyclic) bond motifs is 1. The molecule has 140 valence electrons. The monoisotopic (exact) mass is 369 g/mol. The molecule has 0 aliphatic rings. The molecule has 0 atom stereocenters. The quantitative estimate of drug-likeness (QED) is 0.699. The molecule has 0 saturated carbocycles. The van der Waals surface area contributed by atoms with Crippen LogP contribution in [0, 0.1) is 5.82 Å². The summed E-state index contributed by atoms with van der Waals surface area (Å²) >= 11 is 0. The molecule has 0 bridgehead atoms. The maximum atomic E-state index is 14.8. The summed E-state index contributed by atoms with van der Waals surface area (Å²) in [6.45, 7) is 4.09. The van der Waals surface area contributed by atoms with Crippen molar-refractivity contribution < 1.29 is 19.0 Å². The number of carbonyl (C=O) groups is 1. The van der Waals surface area contributed by atoms with Crippen molar-refractivity contribution in [2.75, 3.05) is 6.61 Å². The number of aromatic nitrogens is 1. The molecule has 0 radical (unpaired) electrons. The van der Waals surface area contributed by atoms with E-state index >= 15 is 0 Å². The fraction of sp³-hybridized carbons (Fsp3) is 0.238. The van der Waals surface area contributed by atoms with Crippen LogP contribution in [0.2, 0.25) is 0 Å². The topological polar surface area (TPSA) is 68.5 Å². The summed E-state index contributed by atoms with van der Waals surface area (Å²) in [5.74, 6) is -1.27. The number of hydrogen-bond donors (Lipinski definition) is 1. The van der Waals surface area contributed by atoms with Crippen LogP contribution in [0.5, 0.6) is 0 Å². The summed E-state index contributed by atoms with van der Waals surface area (Å²) in [7, 11) is 0. The van der Waals surface area contributed by atoms with Gasteiger partial charge in [-0.25, -0.2) is 9.18 Å². The third kappa shape index (κ3) is 3.48. The molecule has 0 amide bonds. The number of ether oxygens (including phenoxy) is 1. The van der Waals surface area contributed by atoms with E-state index < -0.39 is 17.2 Å². The third-order valence-electron chi connectivity index (χ3n) is 4.45. The van der Waals surface area contributed by atoms with Gasteiger partial charge in [0.1, 0.15) is 11.4 Å². The van der Waals surface area contributed by atoms with Gasteiger partial charge in [-0.3, -0.25) is 4.79 Å². The number of hydrogen-bond acceptors (Lipinski definition) is 4. The van der Waals surface area contributed by atoms with E-state index in [-0.39, 0.29) is 24.2 Å². The average molecular weight is 369 g/mol. The lowest BCUT2D eigenvalue weighted by atomic mass is 10.0. The van der Waals surface area contributed by atoms with Crippen molar-refractivity contribution in [3.63, 3.8) is 0 Å². The predicted molar refractivity (Wildman–Crippen MR) is 101 cm³/mol. The second kappa shape index (κ2) is 7.72. The first-order valence-electron chi connectivity index (χ1n) is 8.74. The number of aliphatic hydroxyl groups is 1. The Bertz CT molecular complexity index is 1050. The smallest absolute Gasteiger partial charge is 0.343 e. The molecule has 6 heteroatoms. The first-order valence-corrected chi connectivity index (χ1v) is 8.74. The molecule has 3 aromatic rings. The van der Waals surface area contributed by atoms with E-state index in [2.05, 4.69) is 0 Å². The largest absolute Gasteiger partial charge is 0.462 e. The minimum Gasteiger partial charge on any atom is -0.462 e. The SMILES string of the molecule is CCOC(=O)c1cn(CC)c2cc(-c3ccc(CO)cc3)c(F)cc2c1=O. The van der Waals surface area contributed by atoms with Gasteiger partial charge >= 0.3 is 5.97 Å². The molecular weight excluding hydrogens is 349 g/mol. The maximum Gasteiger partial charge on any atom is 0.343 e. The Balaban J connectivity index is 2.23. The van der Waals surface area contributed by atoms with Crippen molar-refractivity contribution in [2.45, 2.75) is 27.0 Å². The number of rotatable bonds is 5. The Morgan fingerprint density at radius 2 is 1.89 bits per heavy atom. The van der Waals surface area contributed by atoms with Crippen molar-refractivity contribution in [1.82, 2.24) is 4.57 Å². The van der Waals surface area contributed by atoms with Crippen molar-refractivity contribution >= 4 is 16.9 Å². The number of benzene rings is 2. The Morgan fingerprint density at radius 1 is 1.19 bits per heavy atom. The second-order valence-electron chi connectivity index (χ2n) is 6.08. The zero-order valence-corrected chi connectivity index (χ0v) is 15.2. The highest BCUT2D eigenvalue weighted by Gasteiger charge is 2.18. The molecule has 1 N–H and O–H groups in total. The van der Waals surface area contributed by atoms with E-state index in [0.29, 0.717) is 23.2 Å². The Kier molecular flexibility index (Phi) is 5.37. The summed E-state index contributed by atoms with van der Waals surface area (Å²) in [6.07, 6.45) is 1.46. The van der Waals surface area contributed by atoms with Crippen LogP contribution in [0.4, 0.5) is 4.39 Å². The lowest BCUT2D eigenvalue weighted by Gasteiger charge is -2.13. The first kappa shape index (κ1) is 18.8. The van der Waals surface area contributed by atoms with Gasteiger partial charge in [0, 0.05) is 23.7 Å². The highest BCUT2D eigenvalue weighted by atomic mass is 19.1. The van der Waals surface area contributed by atoms with Crippen LogP contribution in [0.25, 0.3) is 22.0 Å². The fourth-order valence-corrected chi connectivity index (χ4v) is 3.04. The number of esters is 1. The van der Waals surface area contributed by atoms with Crippen LogP contribution < -0.4 is 5.43 Å². The van der Waals surface area contributed by atoms with Crippen LogP contribution in [0.1, 0.15) is 29.8 Å². The predicted octanol–water partition coefficient (Wildman–Crippen LogP) is 3.50. The number of nitrogens with zero attached hydrogens (tertiary/aromatic N) is 1. The van der Waals surface area contributed by atoms with Gasteiger partial charge < -0.3 is 14.4 Å². The van der Waals surface area contributed by atoms with Gasteiger partial charge in [-0.1, -0.05) is 24.3 Å². The van der Waals surface area contributed by atoms with Crippen molar-refractivity contribution in [3.8, 4) is 11.1 Å². The van der Waals surface area contributed by atoms with E-state index in [1.54, 1.807) is 41.8 Å². The first-order chi connectivity index (χ1) is 13.0. The highest BCUT2D eigenvalue weighted by Crippen LogP contribution is 2.27. The molecule has 0 unspecified atom stereocenters. The summed E-state index contributed by atoms with van der Waals surface area (Å²) in [5, 5.41) is 9.29. The lowest BCUT2D eigenvalue weighted by Crippen LogP contribution is -2.21. The van der Waals surface area contributed by atoms with E-state index in [1.165, 1.54) is 12.3 Å². The van der Waals surface area contributed by atoms with Crippen LogP contribution >= 0.6 is 0 Å². The molecule has 0 fully saturated rings. The molecular formula is C21H20FNO4. The number of halogens is 1. The standard InChI is InChI=1S/C21H20FNO4/c1-3-23-11-17(21(26)27-4-2)20(25)16-9-18(22)15(10-19(16)23)14-7-5-13(12-24)6-8-14/h5-11,24H,3-4,12H2,1-2H3. The molecule has 27 heavy (non-hydrogen) atoms. The summed E-state index contributed by atoms with van der Waals surface area (Å²) < 4.78 is 21.4. The normalized spacial score (nSPS) is 11.0.